The van der Waals surface area contributed by atoms with Gasteiger partial charge in [-0.1, -0.05) is 153 Å². The lowest BCUT2D eigenvalue weighted by Gasteiger charge is -2.26. The quantitative estimate of drug-likeness (QED) is 0.191. The van der Waals surface area contributed by atoms with Crippen molar-refractivity contribution in [3.8, 4) is 33.9 Å². The van der Waals surface area contributed by atoms with E-state index in [1.807, 2.05) is 6.07 Å². The zero-order chi connectivity index (χ0) is 30.6. The fourth-order valence-corrected chi connectivity index (χ4v) is 6.09. The monoisotopic (exact) mass is 583 g/mol. The third kappa shape index (κ3) is 6.12. The maximum absolute atomic E-state index is 4.99. The standard InChI is InChI=1S/C42H37N3/c1-42(2,37-26-22-33(23-27-37)31-14-8-4-9-15-31)38-28-24-36(25-29-38)41-44-39(34-16-10-5-11-17-34)43-40(45-41)35-20-18-32(19-21-35)30-12-6-3-7-13-30/h3,6-8,10,12-29H,4-5,9,11H2,1-2H3. The summed E-state index contributed by atoms with van der Waals surface area (Å²) in [7, 11) is 0. The first-order valence-electron chi connectivity index (χ1n) is 15.9. The highest BCUT2D eigenvalue weighted by atomic mass is 15.0. The highest BCUT2D eigenvalue weighted by molar-refractivity contribution is 5.76. The number of benzene rings is 4. The van der Waals surface area contributed by atoms with Crippen LogP contribution in [0, 0.1) is 0 Å². The van der Waals surface area contributed by atoms with Crippen LogP contribution in [0.15, 0.2) is 140 Å². The second kappa shape index (κ2) is 12.5. The van der Waals surface area contributed by atoms with Crippen LogP contribution >= 0.6 is 0 Å². The lowest BCUT2D eigenvalue weighted by molar-refractivity contribution is 0.641. The molecule has 0 saturated carbocycles. The summed E-state index contributed by atoms with van der Waals surface area (Å²) < 4.78 is 0. The Morgan fingerprint density at radius 2 is 0.867 bits per heavy atom. The number of allylic oxidation sites excluding steroid dienone is 8. The maximum Gasteiger partial charge on any atom is 0.164 e. The normalized spacial score (nSPS) is 14.6. The average Bonchev–Trinajstić information content (AvgIpc) is 3.13. The van der Waals surface area contributed by atoms with Gasteiger partial charge in [0.2, 0.25) is 0 Å². The van der Waals surface area contributed by atoms with E-state index in [0.29, 0.717) is 17.5 Å². The van der Waals surface area contributed by atoms with Gasteiger partial charge in [0.1, 0.15) is 0 Å². The van der Waals surface area contributed by atoms with Crippen molar-refractivity contribution < 1.29 is 0 Å². The molecule has 5 aromatic rings. The molecule has 7 rings (SSSR count). The Morgan fingerprint density at radius 1 is 0.422 bits per heavy atom. The van der Waals surface area contributed by atoms with Crippen LogP contribution in [-0.4, -0.2) is 15.0 Å². The molecule has 220 valence electrons. The molecule has 0 unspecified atom stereocenters. The molecule has 0 aliphatic heterocycles. The minimum absolute atomic E-state index is 0.151. The summed E-state index contributed by atoms with van der Waals surface area (Å²) >= 11 is 0. The summed E-state index contributed by atoms with van der Waals surface area (Å²) in [4.78, 5) is 14.9. The Labute approximate surface area is 266 Å². The summed E-state index contributed by atoms with van der Waals surface area (Å²) in [5.74, 6) is 2.08. The minimum Gasteiger partial charge on any atom is -0.208 e. The van der Waals surface area contributed by atoms with E-state index >= 15 is 0 Å². The van der Waals surface area contributed by atoms with E-state index in [2.05, 4.69) is 147 Å². The van der Waals surface area contributed by atoms with Crippen molar-refractivity contribution in [1.82, 2.24) is 15.0 Å². The van der Waals surface area contributed by atoms with Crippen molar-refractivity contribution in [2.75, 3.05) is 0 Å². The molecule has 3 heteroatoms. The van der Waals surface area contributed by atoms with Crippen molar-refractivity contribution in [1.29, 1.82) is 0 Å². The van der Waals surface area contributed by atoms with Gasteiger partial charge in [0.25, 0.3) is 0 Å². The predicted octanol–water partition coefficient (Wildman–Crippen LogP) is 10.7. The first-order valence-corrected chi connectivity index (χ1v) is 15.9. The molecule has 45 heavy (non-hydrogen) atoms. The average molecular weight is 584 g/mol. The minimum atomic E-state index is -0.151. The van der Waals surface area contributed by atoms with Gasteiger partial charge in [0.15, 0.2) is 17.5 Å². The van der Waals surface area contributed by atoms with E-state index in [4.69, 9.17) is 15.0 Å². The van der Waals surface area contributed by atoms with Gasteiger partial charge >= 0.3 is 0 Å². The summed E-state index contributed by atoms with van der Waals surface area (Å²) in [5, 5.41) is 0. The smallest absolute Gasteiger partial charge is 0.164 e. The number of aromatic nitrogens is 3. The summed E-state index contributed by atoms with van der Waals surface area (Å²) in [6.07, 6.45) is 17.7. The third-order valence-corrected chi connectivity index (χ3v) is 8.94. The molecule has 0 amide bonds. The number of nitrogens with zero attached hydrogens (tertiary/aromatic N) is 3. The summed E-state index contributed by atoms with van der Waals surface area (Å²) in [5.41, 5.74) is 10.3. The zero-order valence-electron chi connectivity index (χ0n) is 25.9. The molecule has 1 heterocycles. The lowest BCUT2D eigenvalue weighted by atomic mass is 9.77. The molecule has 0 radical (unpaired) electrons. The van der Waals surface area contributed by atoms with Crippen LogP contribution in [0.25, 0.3) is 45.0 Å². The third-order valence-electron chi connectivity index (χ3n) is 8.94. The Balaban J connectivity index is 1.20. The van der Waals surface area contributed by atoms with Gasteiger partial charge in [0, 0.05) is 22.1 Å². The zero-order valence-corrected chi connectivity index (χ0v) is 25.9. The number of rotatable bonds is 7. The molecule has 2 aliphatic rings. The van der Waals surface area contributed by atoms with Crippen LogP contribution in [0.3, 0.4) is 0 Å². The molecule has 0 N–H and O–H groups in total. The molecule has 0 atom stereocenters. The highest BCUT2D eigenvalue weighted by Crippen LogP contribution is 2.34. The number of hydrogen-bond acceptors (Lipinski definition) is 3. The maximum atomic E-state index is 4.99. The van der Waals surface area contributed by atoms with Gasteiger partial charge in [-0.05, 0) is 59.1 Å². The van der Waals surface area contributed by atoms with Crippen molar-refractivity contribution in [2.45, 2.75) is 44.9 Å². The molecule has 0 saturated heterocycles. The Morgan fingerprint density at radius 3 is 1.40 bits per heavy atom. The highest BCUT2D eigenvalue weighted by Gasteiger charge is 2.24. The first kappa shape index (κ1) is 28.6. The van der Waals surface area contributed by atoms with E-state index in [9.17, 15) is 0 Å². The van der Waals surface area contributed by atoms with Gasteiger partial charge in [-0.2, -0.15) is 0 Å². The van der Waals surface area contributed by atoms with Gasteiger partial charge in [-0.15, -0.1) is 0 Å². The largest absolute Gasteiger partial charge is 0.208 e. The van der Waals surface area contributed by atoms with Crippen LogP contribution in [0.2, 0.25) is 0 Å². The number of hydrogen-bond donors (Lipinski definition) is 0. The van der Waals surface area contributed by atoms with Crippen LogP contribution in [0.5, 0.6) is 0 Å². The second-order valence-corrected chi connectivity index (χ2v) is 12.3. The topological polar surface area (TPSA) is 38.7 Å². The van der Waals surface area contributed by atoms with E-state index in [-0.39, 0.29) is 5.41 Å². The van der Waals surface area contributed by atoms with E-state index in [1.54, 1.807) is 0 Å². The second-order valence-electron chi connectivity index (χ2n) is 12.3. The molecular weight excluding hydrogens is 546 g/mol. The van der Waals surface area contributed by atoms with E-state index in [1.165, 1.54) is 33.4 Å². The van der Waals surface area contributed by atoms with Crippen LogP contribution in [0.4, 0.5) is 0 Å². The molecule has 0 bridgehead atoms. The molecule has 3 nitrogen and oxygen atoms in total. The fourth-order valence-electron chi connectivity index (χ4n) is 6.09. The van der Waals surface area contributed by atoms with Crippen molar-refractivity contribution in [3.63, 3.8) is 0 Å². The Hall–Kier alpha value is -5.15. The summed E-state index contributed by atoms with van der Waals surface area (Å²) in [6, 6.07) is 36.7. The van der Waals surface area contributed by atoms with Gasteiger partial charge in [-0.25, -0.2) is 15.0 Å². The molecule has 1 aromatic heterocycles. The molecular formula is C42H37N3. The molecule has 4 aromatic carbocycles. The van der Waals surface area contributed by atoms with Gasteiger partial charge in [0.05, 0.1) is 0 Å². The van der Waals surface area contributed by atoms with Gasteiger partial charge in [-0.3, -0.25) is 0 Å². The predicted molar refractivity (Wildman–Crippen MR) is 187 cm³/mol. The SMILES string of the molecule is CC(C)(c1ccc(C2=CCCC=C2)cc1)c1ccc(-c2nc(C3=CCCC=C3)nc(-c3ccc(-c4ccccc4)cc3)n2)cc1. The van der Waals surface area contributed by atoms with Crippen molar-refractivity contribution in [3.05, 3.63) is 162 Å². The Bertz CT molecular complexity index is 1920. The summed E-state index contributed by atoms with van der Waals surface area (Å²) in [6.45, 7) is 4.58. The van der Waals surface area contributed by atoms with Crippen LogP contribution in [0.1, 0.15) is 62.0 Å². The lowest BCUT2D eigenvalue weighted by Crippen LogP contribution is -2.18. The Kier molecular flexibility index (Phi) is 7.92. The van der Waals surface area contributed by atoms with Gasteiger partial charge < -0.3 is 0 Å². The fraction of sp³-hybridized carbons (Fsp3) is 0.167. The molecule has 2 aliphatic carbocycles. The molecule has 0 fully saturated rings. The van der Waals surface area contributed by atoms with E-state index in [0.717, 1.165) is 42.4 Å². The van der Waals surface area contributed by atoms with E-state index < -0.39 is 0 Å². The first-order chi connectivity index (χ1) is 22.0. The van der Waals surface area contributed by atoms with Crippen LogP contribution in [-0.2, 0) is 5.41 Å². The van der Waals surface area contributed by atoms with Crippen LogP contribution < -0.4 is 0 Å². The molecule has 0 spiro atoms. The van der Waals surface area contributed by atoms with Crippen molar-refractivity contribution >= 4 is 11.1 Å². The van der Waals surface area contributed by atoms with Crippen molar-refractivity contribution in [2.24, 2.45) is 0 Å².